The van der Waals surface area contributed by atoms with E-state index < -0.39 is 23.5 Å². The van der Waals surface area contributed by atoms with E-state index in [0.717, 1.165) is 17.1 Å². The third-order valence-corrected chi connectivity index (χ3v) is 2.91. The largest absolute Gasteiger partial charge is 0.478 e. The fraction of sp³-hybridized carbons (Fsp3) is 0.0833. The van der Waals surface area contributed by atoms with E-state index in [0.29, 0.717) is 12.1 Å². The van der Waals surface area contributed by atoms with Gasteiger partial charge in [-0.25, -0.2) is 18.9 Å². The molecule has 2 heterocycles. The molecule has 0 bridgehead atoms. The van der Waals surface area contributed by atoms with Crippen LogP contribution in [0.3, 0.4) is 0 Å². The lowest BCUT2D eigenvalue weighted by molar-refractivity contribution is -0.139. The number of carboxylic acids is 1. The number of benzene rings is 1. The van der Waals surface area contributed by atoms with Gasteiger partial charge in [0.15, 0.2) is 0 Å². The van der Waals surface area contributed by atoms with Gasteiger partial charge in [0, 0.05) is 12.3 Å². The maximum absolute atomic E-state index is 13.5. The first kappa shape index (κ1) is 14.0. The van der Waals surface area contributed by atoms with Crippen molar-refractivity contribution in [3.8, 4) is 5.95 Å². The molecule has 0 unspecified atom stereocenters. The molecule has 1 aromatic carbocycles. The van der Waals surface area contributed by atoms with Gasteiger partial charge in [0.05, 0.1) is 28.4 Å². The monoisotopic (exact) mass is 314 g/mol. The molecule has 22 heavy (non-hydrogen) atoms. The minimum Gasteiger partial charge on any atom is -0.478 e. The minimum atomic E-state index is -4.83. The Bertz CT molecular complexity index is 881. The Hall–Kier alpha value is -2.91. The van der Waals surface area contributed by atoms with Crippen molar-refractivity contribution in [2.24, 2.45) is 0 Å². The minimum absolute atomic E-state index is 0.0266. The Morgan fingerprint density at radius 1 is 1.32 bits per heavy atom. The SMILES string of the molecule is O=C(O)c1cnn(-c2nc3cc(F)c(C(F)(F)F)cc3[nH]2)c1. The highest BCUT2D eigenvalue weighted by Gasteiger charge is 2.34. The fourth-order valence-corrected chi connectivity index (χ4v) is 1.89. The number of hydrogen-bond acceptors (Lipinski definition) is 3. The third kappa shape index (κ3) is 2.28. The zero-order valence-corrected chi connectivity index (χ0v) is 10.5. The van der Waals surface area contributed by atoms with Crippen LogP contribution >= 0.6 is 0 Å². The van der Waals surface area contributed by atoms with Crippen molar-refractivity contribution in [1.82, 2.24) is 19.7 Å². The molecule has 3 rings (SSSR count). The van der Waals surface area contributed by atoms with Gasteiger partial charge in [0.25, 0.3) is 0 Å². The number of halogens is 4. The molecule has 0 radical (unpaired) electrons. The van der Waals surface area contributed by atoms with Gasteiger partial charge < -0.3 is 10.1 Å². The molecule has 2 aromatic heterocycles. The highest BCUT2D eigenvalue weighted by Crippen LogP contribution is 2.33. The number of aromatic carboxylic acids is 1. The summed E-state index contributed by atoms with van der Waals surface area (Å²) in [6.07, 6.45) is -2.65. The van der Waals surface area contributed by atoms with Gasteiger partial charge in [-0.1, -0.05) is 0 Å². The van der Waals surface area contributed by atoms with E-state index in [1.54, 1.807) is 0 Å². The molecule has 0 aliphatic carbocycles. The van der Waals surface area contributed by atoms with Gasteiger partial charge in [-0.3, -0.25) is 0 Å². The van der Waals surface area contributed by atoms with Gasteiger partial charge >= 0.3 is 12.1 Å². The molecular formula is C12H6F4N4O2. The topological polar surface area (TPSA) is 83.8 Å². The van der Waals surface area contributed by atoms with Gasteiger partial charge in [0.2, 0.25) is 5.95 Å². The Morgan fingerprint density at radius 3 is 2.64 bits per heavy atom. The summed E-state index contributed by atoms with van der Waals surface area (Å²) in [5.74, 6) is -2.68. The fourth-order valence-electron chi connectivity index (χ4n) is 1.89. The molecule has 114 valence electrons. The molecule has 2 N–H and O–H groups in total. The lowest BCUT2D eigenvalue weighted by Crippen LogP contribution is -2.07. The van der Waals surface area contributed by atoms with Gasteiger partial charge in [0.1, 0.15) is 5.82 Å². The molecule has 0 spiro atoms. The Balaban J connectivity index is 2.11. The molecule has 6 nitrogen and oxygen atoms in total. The Labute approximate surface area is 119 Å². The number of aromatic amines is 1. The predicted octanol–water partition coefficient (Wildman–Crippen LogP) is 2.60. The molecule has 10 heteroatoms. The average molecular weight is 314 g/mol. The second-order valence-corrected chi connectivity index (χ2v) is 4.39. The van der Waals surface area contributed by atoms with E-state index in [1.165, 1.54) is 0 Å². The van der Waals surface area contributed by atoms with Gasteiger partial charge in [-0.15, -0.1) is 0 Å². The van der Waals surface area contributed by atoms with Crippen LogP contribution in [0.15, 0.2) is 24.5 Å². The van der Waals surface area contributed by atoms with E-state index in [9.17, 15) is 22.4 Å². The summed E-state index contributed by atoms with van der Waals surface area (Å²) in [5, 5.41) is 12.5. The molecule has 0 saturated carbocycles. The molecular weight excluding hydrogens is 308 g/mol. The Kier molecular flexibility index (Phi) is 2.90. The van der Waals surface area contributed by atoms with Crippen molar-refractivity contribution in [2.75, 3.05) is 0 Å². The normalized spacial score (nSPS) is 12.0. The maximum Gasteiger partial charge on any atom is 0.419 e. The Morgan fingerprint density at radius 2 is 2.05 bits per heavy atom. The van der Waals surface area contributed by atoms with Crippen molar-refractivity contribution in [3.63, 3.8) is 0 Å². The van der Waals surface area contributed by atoms with Crippen LogP contribution in [0.5, 0.6) is 0 Å². The zero-order valence-electron chi connectivity index (χ0n) is 10.5. The number of hydrogen-bond donors (Lipinski definition) is 2. The zero-order chi connectivity index (χ0) is 16.1. The van der Waals surface area contributed by atoms with E-state index in [-0.39, 0.29) is 22.5 Å². The molecule has 0 aliphatic heterocycles. The summed E-state index contributed by atoms with van der Waals surface area (Å²) in [4.78, 5) is 17.2. The summed E-state index contributed by atoms with van der Waals surface area (Å²) in [6.45, 7) is 0. The number of carbonyl (C=O) groups is 1. The van der Waals surface area contributed by atoms with Crippen molar-refractivity contribution < 1.29 is 27.5 Å². The van der Waals surface area contributed by atoms with Crippen LogP contribution in [0.1, 0.15) is 15.9 Å². The standard InChI is InChI=1S/C12H6F4N4O2/c13-7-2-9-8(1-6(7)12(14,15)16)18-11(19-9)20-4-5(3-17-20)10(21)22/h1-4H,(H,18,19)(H,21,22). The van der Waals surface area contributed by atoms with Crippen LogP contribution in [-0.2, 0) is 6.18 Å². The first-order chi connectivity index (χ1) is 10.3. The number of alkyl halides is 3. The van der Waals surface area contributed by atoms with Crippen LogP contribution < -0.4 is 0 Å². The van der Waals surface area contributed by atoms with Crippen molar-refractivity contribution in [3.05, 3.63) is 41.5 Å². The number of nitrogens with one attached hydrogen (secondary N) is 1. The maximum atomic E-state index is 13.5. The predicted molar refractivity (Wildman–Crippen MR) is 65.1 cm³/mol. The molecule has 0 amide bonds. The van der Waals surface area contributed by atoms with E-state index in [1.807, 2.05) is 0 Å². The van der Waals surface area contributed by atoms with Crippen LogP contribution in [-0.4, -0.2) is 30.8 Å². The highest BCUT2D eigenvalue weighted by molar-refractivity contribution is 5.87. The summed E-state index contributed by atoms with van der Waals surface area (Å²) in [7, 11) is 0. The summed E-state index contributed by atoms with van der Waals surface area (Å²) >= 11 is 0. The number of rotatable bonds is 2. The quantitative estimate of drug-likeness (QED) is 0.712. The summed E-state index contributed by atoms with van der Waals surface area (Å²) in [6, 6.07) is 1.25. The number of nitrogens with zero attached hydrogens (tertiary/aromatic N) is 3. The van der Waals surface area contributed by atoms with Crippen LogP contribution in [0.25, 0.3) is 17.0 Å². The van der Waals surface area contributed by atoms with Crippen LogP contribution in [0, 0.1) is 5.82 Å². The van der Waals surface area contributed by atoms with E-state index in [2.05, 4.69) is 15.1 Å². The summed E-state index contributed by atoms with van der Waals surface area (Å²) in [5.41, 5.74) is -1.62. The van der Waals surface area contributed by atoms with Crippen LogP contribution in [0.4, 0.5) is 17.6 Å². The van der Waals surface area contributed by atoms with Crippen LogP contribution in [0.2, 0.25) is 0 Å². The summed E-state index contributed by atoms with van der Waals surface area (Å²) < 4.78 is 52.4. The van der Waals surface area contributed by atoms with Gasteiger partial charge in [-0.2, -0.15) is 18.3 Å². The van der Waals surface area contributed by atoms with Gasteiger partial charge in [-0.05, 0) is 6.07 Å². The smallest absolute Gasteiger partial charge is 0.419 e. The molecule has 0 aliphatic rings. The second-order valence-electron chi connectivity index (χ2n) is 4.39. The number of imidazole rings is 1. The third-order valence-electron chi connectivity index (χ3n) is 2.91. The van der Waals surface area contributed by atoms with Crippen molar-refractivity contribution in [2.45, 2.75) is 6.18 Å². The first-order valence-corrected chi connectivity index (χ1v) is 5.80. The second kappa shape index (κ2) is 4.55. The number of fused-ring (bicyclic) bond motifs is 1. The molecule has 0 atom stereocenters. The number of carboxylic acid groups (broad SMARTS) is 1. The number of H-pyrrole nitrogens is 1. The molecule has 0 saturated heterocycles. The average Bonchev–Trinajstić information content (AvgIpc) is 3.01. The highest BCUT2D eigenvalue weighted by atomic mass is 19.4. The molecule has 3 aromatic rings. The number of aromatic nitrogens is 4. The lowest BCUT2D eigenvalue weighted by Gasteiger charge is -2.06. The first-order valence-electron chi connectivity index (χ1n) is 5.80. The lowest BCUT2D eigenvalue weighted by atomic mass is 10.2. The van der Waals surface area contributed by atoms with Crippen molar-refractivity contribution in [1.29, 1.82) is 0 Å². The molecule has 0 fully saturated rings. The van der Waals surface area contributed by atoms with Crippen molar-refractivity contribution >= 4 is 17.0 Å². The van der Waals surface area contributed by atoms with E-state index in [4.69, 9.17) is 5.11 Å². The van der Waals surface area contributed by atoms with E-state index >= 15 is 0 Å².